The monoisotopic (exact) mass is 293 g/mol. The molecule has 0 fully saturated rings. The average Bonchev–Trinajstić information content (AvgIpc) is 2.46. The van der Waals surface area contributed by atoms with Gasteiger partial charge in [-0.25, -0.2) is 0 Å². The van der Waals surface area contributed by atoms with E-state index in [-0.39, 0.29) is 17.9 Å². The minimum atomic E-state index is -0.474. The van der Waals surface area contributed by atoms with Crippen LogP contribution >= 0.6 is 0 Å². The molecule has 118 valence electrons. The van der Waals surface area contributed by atoms with E-state index in [9.17, 15) is 4.79 Å². The number of carbonyl (C=O) groups excluding carboxylic acids is 1. The second-order valence-corrected chi connectivity index (χ2v) is 5.77. The lowest BCUT2D eigenvalue weighted by molar-refractivity contribution is -0.123. The van der Waals surface area contributed by atoms with Gasteiger partial charge in [0, 0.05) is 6.54 Å². The van der Waals surface area contributed by atoms with E-state index in [1.54, 1.807) is 7.11 Å². The predicted octanol–water partition coefficient (Wildman–Crippen LogP) is 1.40. The lowest BCUT2D eigenvalue weighted by Gasteiger charge is -2.26. The van der Waals surface area contributed by atoms with Crippen LogP contribution in [-0.2, 0) is 4.79 Å². The summed E-state index contributed by atoms with van der Waals surface area (Å²) in [6, 6.07) is 7.47. The molecule has 0 aromatic heterocycles. The van der Waals surface area contributed by atoms with Gasteiger partial charge in [0.1, 0.15) is 5.75 Å². The number of ether oxygens (including phenoxy) is 1. The summed E-state index contributed by atoms with van der Waals surface area (Å²) in [6.07, 6.45) is 0. The van der Waals surface area contributed by atoms with Crippen LogP contribution in [0.25, 0.3) is 0 Å². The summed E-state index contributed by atoms with van der Waals surface area (Å²) < 4.78 is 5.25. The number of nitrogens with two attached hydrogens (primary N) is 1. The third-order valence-corrected chi connectivity index (χ3v) is 3.59. The molecule has 0 saturated heterocycles. The summed E-state index contributed by atoms with van der Waals surface area (Å²) >= 11 is 0. The van der Waals surface area contributed by atoms with E-state index in [2.05, 4.69) is 10.2 Å². The van der Waals surface area contributed by atoms with Crippen molar-refractivity contribution in [3.63, 3.8) is 0 Å². The Hall–Kier alpha value is -1.59. The fraction of sp³-hybridized carbons (Fsp3) is 0.562. The van der Waals surface area contributed by atoms with Gasteiger partial charge in [-0.3, -0.25) is 4.79 Å². The van der Waals surface area contributed by atoms with Crippen molar-refractivity contribution in [1.82, 2.24) is 10.2 Å². The average molecular weight is 293 g/mol. The molecule has 0 radical (unpaired) electrons. The van der Waals surface area contributed by atoms with Crippen LogP contribution in [0.15, 0.2) is 24.3 Å². The van der Waals surface area contributed by atoms with Gasteiger partial charge in [0.25, 0.3) is 0 Å². The van der Waals surface area contributed by atoms with Crippen LogP contribution in [0.5, 0.6) is 5.75 Å². The summed E-state index contributed by atoms with van der Waals surface area (Å²) in [6.45, 7) is 4.39. The van der Waals surface area contributed by atoms with E-state index in [1.165, 1.54) is 0 Å². The summed E-state index contributed by atoms with van der Waals surface area (Å²) in [5, 5.41) is 2.93. The Morgan fingerprint density at radius 1 is 1.38 bits per heavy atom. The van der Waals surface area contributed by atoms with Gasteiger partial charge in [-0.2, -0.15) is 0 Å². The number of nitrogens with one attached hydrogen (secondary N) is 1. The molecule has 1 aromatic rings. The molecule has 21 heavy (non-hydrogen) atoms. The molecule has 5 heteroatoms. The Labute approximate surface area is 127 Å². The van der Waals surface area contributed by atoms with Gasteiger partial charge < -0.3 is 20.7 Å². The van der Waals surface area contributed by atoms with E-state index < -0.39 is 6.04 Å². The minimum Gasteiger partial charge on any atom is -0.497 e. The lowest BCUT2D eigenvalue weighted by atomic mass is 10.0. The van der Waals surface area contributed by atoms with Crippen LogP contribution in [-0.4, -0.2) is 44.6 Å². The van der Waals surface area contributed by atoms with Gasteiger partial charge >= 0.3 is 0 Å². The maximum absolute atomic E-state index is 12.0. The molecule has 0 saturated carbocycles. The summed E-state index contributed by atoms with van der Waals surface area (Å²) in [5.41, 5.74) is 6.96. The van der Waals surface area contributed by atoms with Crippen molar-refractivity contribution in [1.29, 1.82) is 0 Å². The number of carbonyl (C=O) groups is 1. The fourth-order valence-corrected chi connectivity index (χ4v) is 2.07. The minimum absolute atomic E-state index is 0.0726. The van der Waals surface area contributed by atoms with Crippen LogP contribution in [0.3, 0.4) is 0 Å². The highest BCUT2D eigenvalue weighted by Gasteiger charge is 2.20. The van der Waals surface area contributed by atoms with Gasteiger partial charge in [-0.05, 0) is 37.7 Å². The zero-order valence-corrected chi connectivity index (χ0v) is 13.6. The van der Waals surface area contributed by atoms with Crippen molar-refractivity contribution in [2.24, 2.45) is 11.7 Å². The molecule has 0 bridgehead atoms. The molecule has 3 N–H and O–H groups in total. The summed E-state index contributed by atoms with van der Waals surface area (Å²) in [5.74, 6) is 0.823. The fourth-order valence-electron chi connectivity index (χ4n) is 2.07. The van der Waals surface area contributed by atoms with Crippen molar-refractivity contribution in [2.75, 3.05) is 27.7 Å². The maximum Gasteiger partial charge on any atom is 0.237 e. The van der Waals surface area contributed by atoms with E-state index in [1.807, 2.05) is 52.2 Å². The molecule has 5 nitrogen and oxygen atoms in total. The SMILES string of the molecule is COc1cccc(C(CNC(=O)[C@@H](N)C(C)C)N(C)C)c1. The largest absolute Gasteiger partial charge is 0.497 e. The van der Waals surface area contributed by atoms with Crippen LogP contribution < -0.4 is 15.8 Å². The Kier molecular flexibility index (Phi) is 6.65. The van der Waals surface area contributed by atoms with E-state index in [0.29, 0.717) is 6.54 Å². The Balaban J connectivity index is 2.76. The number of likely N-dealkylation sites (N-methyl/N-ethyl adjacent to an activating group) is 1. The molecule has 0 aliphatic carbocycles. The normalized spacial score (nSPS) is 14.1. The highest BCUT2D eigenvalue weighted by atomic mass is 16.5. The molecule has 2 atom stereocenters. The zero-order chi connectivity index (χ0) is 16.0. The first kappa shape index (κ1) is 17.5. The van der Waals surface area contributed by atoms with Crippen LogP contribution in [0.2, 0.25) is 0 Å². The van der Waals surface area contributed by atoms with Crippen molar-refractivity contribution in [3.8, 4) is 5.75 Å². The number of benzene rings is 1. The Bertz CT molecular complexity index is 461. The first-order valence-electron chi connectivity index (χ1n) is 7.20. The second-order valence-electron chi connectivity index (χ2n) is 5.77. The third-order valence-electron chi connectivity index (χ3n) is 3.59. The molecule has 0 spiro atoms. The standard InChI is InChI=1S/C16H27N3O2/c1-11(2)15(17)16(20)18-10-14(19(3)4)12-7-6-8-13(9-12)21-5/h6-9,11,14-15H,10,17H2,1-5H3,(H,18,20)/t14?,15-/m0/s1. The number of methoxy groups -OCH3 is 1. The first-order chi connectivity index (χ1) is 9.86. The Morgan fingerprint density at radius 3 is 2.57 bits per heavy atom. The molecule has 0 aliphatic heterocycles. The smallest absolute Gasteiger partial charge is 0.237 e. The number of hydrogen-bond acceptors (Lipinski definition) is 4. The van der Waals surface area contributed by atoms with Crippen LogP contribution in [0.1, 0.15) is 25.5 Å². The molecule has 0 heterocycles. The molecule has 1 amide bonds. The molecule has 0 aliphatic rings. The van der Waals surface area contributed by atoms with Crippen molar-refractivity contribution in [2.45, 2.75) is 25.9 Å². The zero-order valence-electron chi connectivity index (χ0n) is 13.6. The summed E-state index contributed by atoms with van der Waals surface area (Å²) in [7, 11) is 5.62. The molecule has 1 aromatic carbocycles. The second kappa shape index (κ2) is 8.00. The number of nitrogens with zero attached hydrogens (tertiary/aromatic N) is 1. The van der Waals surface area contributed by atoms with Gasteiger partial charge in [0.05, 0.1) is 19.2 Å². The third kappa shape index (κ3) is 5.02. The van der Waals surface area contributed by atoms with Crippen LogP contribution in [0, 0.1) is 5.92 Å². The molecular formula is C16H27N3O2. The summed E-state index contributed by atoms with van der Waals surface area (Å²) in [4.78, 5) is 14.1. The highest BCUT2D eigenvalue weighted by molar-refractivity contribution is 5.81. The maximum atomic E-state index is 12.0. The van der Waals surface area contributed by atoms with E-state index in [4.69, 9.17) is 10.5 Å². The predicted molar refractivity (Wildman–Crippen MR) is 85.2 cm³/mol. The van der Waals surface area contributed by atoms with Crippen molar-refractivity contribution < 1.29 is 9.53 Å². The number of amides is 1. The molecule has 1 rings (SSSR count). The van der Waals surface area contributed by atoms with E-state index >= 15 is 0 Å². The quantitative estimate of drug-likeness (QED) is 0.797. The Morgan fingerprint density at radius 2 is 2.05 bits per heavy atom. The lowest BCUT2D eigenvalue weighted by Crippen LogP contribution is -2.46. The first-order valence-corrected chi connectivity index (χ1v) is 7.20. The van der Waals surface area contributed by atoms with Gasteiger partial charge in [-0.15, -0.1) is 0 Å². The molecule has 1 unspecified atom stereocenters. The number of rotatable bonds is 7. The topological polar surface area (TPSA) is 67.6 Å². The van der Waals surface area contributed by atoms with E-state index in [0.717, 1.165) is 11.3 Å². The van der Waals surface area contributed by atoms with Crippen LogP contribution in [0.4, 0.5) is 0 Å². The molecular weight excluding hydrogens is 266 g/mol. The highest BCUT2D eigenvalue weighted by Crippen LogP contribution is 2.22. The van der Waals surface area contributed by atoms with Gasteiger partial charge in [0.2, 0.25) is 5.91 Å². The van der Waals surface area contributed by atoms with Crippen molar-refractivity contribution >= 4 is 5.91 Å². The van der Waals surface area contributed by atoms with Gasteiger partial charge in [0.15, 0.2) is 0 Å². The van der Waals surface area contributed by atoms with Crippen molar-refractivity contribution in [3.05, 3.63) is 29.8 Å². The van der Waals surface area contributed by atoms with Gasteiger partial charge in [-0.1, -0.05) is 26.0 Å². The number of hydrogen-bond donors (Lipinski definition) is 2.